The fourth-order valence-corrected chi connectivity index (χ4v) is 2.65. The van der Waals surface area contributed by atoms with Crippen molar-refractivity contribution < 1.29 is 4.79 Å². The number of nitrogens with zero attached hydrogens (tertiary/aromatic N) is 3. The van der Waals surface area contributed by atoms with E-state index in [-0.39, 0.29) is 23.9 Å². The number of aryl methyl sites for hydroxylation is 1. The van der Waals surface area contributed by atoms with Gasteiger partial charge in [0.15, 0.2) is 5.65 Å². The quantitative estimate of drug-likeness (QED) is 0.783. The zero-order chi connectivity index (χ0) is 16.4. The summed E-state index contributed by atoms with van der Waals surface area (Å²) in [4.78, 5) is 29.0. The molecular weight excluding hydrogens is 292 g/mol. The summed E-state index contributed by atoms with van der Waals surface area (Å²) in [7, 11) is 0. The summed E-state index contributed by atoms with van der Waals surface area (Å²) < 4.78 is 3.42. The number of hydrogen-bond acceptors (Lipinski definition) is 3. The monoisotopic (exact) mass is 312 g/mol. The molecule has 120 valence electrons. The predicted molar refractivity (Wildman–Crippen MR) is 89.5 cm³/mol. The van der Waals surface area contributed by atoms with Crippen LogP contribution >= 0.6 is 0 Å². The van der Waals surface area contributed by atoms with Crippen molar-refractivity contribution >= 4 is 22.6 Å². The van der Waals surface area contributed by atoms with Crippen molar-refractivity contribution in [2.75, 3.05) is 0 Å². The maximum absolute atomic E-state index is 12.7. The lowest BCUT2D eigenvalue weighted by atomic mass is 10.2. The molecule has 23 heavy (non-hydrogen) atoms. The number of pyridine rings is 1. The van der Waals surface area contributed by atoms with Crippen LogP contribution in [0.4, 0.5) is 0 Å². The third-order valence-electron chi connectivity index (χ3n) is 4.08. The highest BCUT2D eigenvalue weighted by Gasteiger charge is 2.13. The minimum atomic E-state index is -0.127. The molecule has 6 nitrogen and oxygen atoms in total. The average molecular weight is 312 g/mol. The summed E-state index contributed by atoms with van der Waals surface area (Å²) in [5.41, 5.74) is 1.91. The second kappa shape index (κ2) is 6.24. The molecule has 0 saturated carbocycles. The maximum Gasteiger partial charge on any atom is 0.276 e. The summed E-state index contributed by atoms with van der Waals surface area (Å²) in [5.74, 6) is -0.0504. The fourth-order valence-electron chi connectivity index (χ4n) is 2.65. The third-order valence-corrected chi connectivity index (χ3v) is 4.08. The van der Waals surface area contributed by atoms with E-state index in [0.29, 0.717) is 17.7 Å². The zero-order valence-electron chi connectivity index (χ0n) is 13.3. The van der Waals surface area contributed by atoms with E-state index in [2.05, 4.69) is 10.3 Å². The first-order valence-corrected chi connectivity index (χ1v) is 7.85. The molecule has 0 radical (unpaired) electrons. The van der Waals surface area contributed by atoms with E-state index in [9.17, 15) is 9.59 Å². The van der Waals surface area contributed by atoms with Gasteiger partial charge in [0.25, 0.3) is 5.56 Å². The molecule has 0 saturated heterocycles. The second-order valence-electron chi connectivity index (χ2n) is 5.69. The predicted octanol–water partition coefficient (Wildman–Crippen LogP) is 1.95. The van der Waals surface area contributed by atoms with Crippen molar-refractivity contribution in [1.29, 1.82) is 0 Å². The highest BCUT2D eigenvalue weighted by Crippen LogP contribution is 2.13. The molecule has 3 aromatic rings. The Hall–Kier alpha value is -2.63. The van der Waals surface area contributed by atoms with Crippen LogP contribution in [0.2, 0.25) is 0 Å². The highest BCUT2D eigenvalue weighted by atomic mass is 16.2. The molecule has 0 spiro atoms. The van der Waals surface area contributed by atoms with Gasteiger partial charge in [0.05, 0.1) is 5.52 Å². The number of amides is 1. The van der Waals surface area contributed by atoms with Crippen LogP contribution in [0.25, 0.3) is 16.7 Å². The van der Waals surface area contributed by atoms with Crippen LogP contribution in [0.15, 0.2) is 41.5 Å². The first-order valence-electron chi connectivity index (χ1n) is 7.85. The van der Waals surface area contributed by atoms with Crippen molar-refractivity contribution in [1.82, 2.24) is 19.3 Å². The van der Waals surface area contributed by atoms with Crippen LogP contribution in [0.1, 0.15) is 26.7 Å². The van der Waals surface area contributed by atoms with Gasteiger partial charge in [-0.15, -0.1) is 0 Å². The van der Waals surface area contributed by atoms with E-state index in [4.69, 9.17) is 0 Å². The van der Waals surface area contributed by atoms with Crippen molar-refractivity contribution in [2.24, 2.45) is 0 Å². The molecule has 1 atom stereocenters. The molecule has 3 rings (SSSR count). The minimum absolute atomic E-state index is 0.0504. The van der Waals surface area contributed by atoms with Gasteiger partial charge < -0.3 is 9.72 Å². The van der Waals surface area contributed by atoms with E-state index in [1.165, 1.54) is 0 Å². The minimum Gasteiger partial charge on any atom is -0.354 e. The summed E-state index contributed by atoms with van der Waals surface area (Å²) in [6.45, 7) is 4.30. The lowest BCUT2D eigenvalue weighted by Crippen LogP contribution is -2.33. The van der Waals surface area contributed by atoms with Gasteiger partial charge in [-0.3, -0.25) is 14.2 Å². The molecule has 1 amide bonds. The summed E-state index contributed by atoms with van der Waals surface area (Å²) in [6.07, 6.45) is 4.65. The van der Waals surface area contributed by atoms with Crippen LogP contribution < -0.4 is 10.9 Å². The van der Waals surface area contributed by atoms with Gasteiger partial charge in [-0.05, 0) is 37.6 Å². The SMILES string of the molecule is CCC(C)NC(=O)CCn1c(=O)c2cccn2c2cccnc21. The van der Waals surface area contributed by atoms with Gasteiger partial charge in [0.1, 0.15) is 5.52 Å². The number of carbonyl (C=O) groups excluding carboxylic acids is 1. The van der Waals surface area contributed by atoms with Crippen LogP contribution in [0.3, 0.4) is 0 Å². The third kappa shape index (κ3) is 2.84. The molecule has 1 N–H and O–H groups in total. The second-order valence-corrected chi connectivity index (χ2v) is 5.69. The van der Waals surface area contributed by atoms with Crippen LogP contribution in [0.5, 0.6) is 0 Å². The van der Waals surface area contributed by atoms with E-state index in [0.717, 1.165) is 11.9 Å². The Bertz CT molecular complexity index is 910. The van der Waals surface area contributed by atoms with Crippen molar-refractivity contribution in [3.05, 3.63) is 47.0 Å². The maximum atomic E-state index is 12.7. The van der Waals surface area contributed by atoms with E-state index < -0.39 is 0 Å². The van der Waals surface area contributed by atoms with Gasteiger partial charge in [-0.25, -0.2) is 4.98 Å². The van der Waals surface area contributed by atoms with Crippen molar-refractivity contribution in [2.45, 2.75) is 39.3 Å². The molecule has 0 bridgehead atoms. The summed E-state index contributed by atoms with van der Waals surface area (Å²) in [6, 6.07) is 7.52. The highest BCUT2D eigenvalue weighted by molar-refractivity contribution is 5.77. The van der Waals surface area contributed by atoms with Crippen LogP contribution in [0, 0.1) is 0 Å². The van der Waals surface area contributed by atoms with E-state index in [1.54, 1.807) is 16.8 Å². The Morgan fingerprint density at radius 3 is 2.87 bits per heavy atom. The lowest BCUT2D eigenvalue weighted by Gasteiger charge is -2.13. The fraction of sp³-hybridized carbons (Fsp3) is 0.353. The number of hydrogen-bond donors (Lipinski definition) is 1. The average Bonchev–Trinajstić information content (AvgIpc) is 3.04. The number of fused-ring (bicyclic) bond motifs is 3. The van der Waals surface area contributed by atoms with Gasteiger partial charge in [0, 0.05) is 31.4 Å². The Morgan fingerprint density at radius 1 is 1.30 bits per heavy atom. The lowest BCUT2D eigenvalue weighted by molar-refractivity contribution is -0.121. The van der Waals surface area contributed by atoms with Gasteiger partial charge in [-0.2, -0.15) is 0 Å². The normalized spacial score (nSPS) is 12.6. The first-order chi connectivity index (χ1) is 11.1. The van der Waals surface area contributed by atoms with Crippen molar-refractivity contribution in [3.63, 3.8) is 0 Å². The van der Waals surface area contributed by atoms with Crippen LogP contribution in [-0.4, -0.2) is 25.9 Å². The molecule has 0 aliphatic carbocycles. The largest absolute Gasteiger partial charge is 0.354 e. The molecule has 0 aliphatic rings. The Balaban J connectivity index is 1.97. The van der Waals surface area contributed by atoms with Crippen LogP contribution in [-0.2, 0) is 11.3 Å². The molecular formula is C17H20N4O2. The van der Waals surface area contributed by atoms with E-state index in [1.807, 2.05) is 42.6 Å². The molecule has 0 fully saturated rings. The Labute approximate surface area is 133 Å². The molecule has 0 aromatic carbocycles. The standard InChI is InChI=1S/C17H20N4O2/c1-3-12(2)19-15(22)8-11-21-16-13(6-4-9-18-16)20-10-5-7-14(20)17(21)23/h4-7,9-10,12H,3,8,11H2,1-2H3,(H,19,22). The van der Waals surface area contributed by atoms with Crippen molar-refractivity contribution in [3.8, 4) is 0 Å². The molecule has 3 heterocycles. The molecule has 6 heteroatoms. The van der Waals surface area contributed by atoms with E-state index >= 15 is 0 Å². The summed E-state index contributed by atoms with van der Waals surface area (Å²) in [5, 5.41) is 2.92. The Morgan fingerprint density at radius 2 is 2.09 bits per heavy atom. The number of rotatable bonds is 5. The molecule has 3 aromatic heterocycles. The van der Waals surface area contributed by atoms with Gasteiger partial charge in [0.2, 0.25) is 5.91 Å². The molecule has 0 aliphatic heterocycles. The number of nitrogens with one attached hydrogen (secondary N) is 1. The number of carbonyl (C=O) groups is 1. The summed E-state index contributed by atoms with van der Waals surface area (Å²) >= 11 is 0. The topological polar surface area (TPSA) is 68.4 Å². The number of aromatic nitrogens is 3. The Kier molecular flexibility index (Phi) is 4.14. The smallest absolute Gasteiger partial charge is 0.276 e. The van der Waals surface area contributed by atoms with Gasteiger partial charge >= 0.3 is 0 Å². The van der Waals surface area contributed by atoms with Gasteiger partial charge in [-0.1, -0.05) is 6.92 Å². The first kappa shape index (κ1) is 15.3. The molecule has 1 unspecified atom stereocenters. The zero-order valence-corrected chi connectivity index (χ0v) is 13.3.